The molecule has 4 aliphatic rings. The van der Waals surface area contributed by atoms with Gasteiger partial charge < -0.3 is 24.6 Å². The number of nitrogens with zero attached hydrogens (tertiary/aromatic N) is 8. The van der Waals surface area contributed by atoms with E-state index in [1.807, 2.05) is 39.8 Å². The van der Waals surface area contributed by atoms with E-state index in [1.165, 1.54) is 29.8 Å². The van der Waals surface area contributed by atoms with Crippen molar-refractivity contribution >= 4 is 40.3 Å². The zero-order valence-corrected chi connectivity index (χ0v) is 36.0. The summed E-state index contributed by atoms with van der Waals surface area (Å²) in [7, 11) is 0. The highest BCUT2D eigenvalue weighted by molar-refractivity contribution is 6.05. The van der Waals surface area contributed by atoms with Crippen LogP contribution in [0.1, 0.15) is 98.3 Å². The Hall–Kier alpha value is -5.67. The number of urea groups is 1. The van der Waals surface area contributed by atoms with Crippen LogP contribution >= 0.6 is 0 Å². The van der Waals surface area contributed by atoms with Gasteiger partial charge in [-0.3, -0.25) is 24.7 Å². The Morgan fingerprint density at radius 1 is 0.934 bits per heavy atom. The van der Waals surface area contributed by atoms with E-state index in [0.717, 1.165) is 104 Å². The highest BCUT2D eigenvalue weighted by atomic mass is 16.5. The third-order valence-electron chi connectivity index (χ3n) is 13.2. The number of fused-ring (bicyclic) bond motifs is 3. The molecule has 3 aliphatic heterocycles. The van der Waals surface area contributed by atoms with Gasteiger partial charge in [0.15, 0.2) is 5.82 Å². The average Bonchev–Trinajstić information content (AvgIpc) is 3.91. The largest absolute Gasteiger partial charge is 0.372 e. The number of rotatable bonds is 9. The van der Waals surface area contributed by atoms with Gasteiger partial charge in [0.25, 0.3) is 0 Å². The Morgan fingerprint density at radius 3 is 2.39 bits per heavy atom. The molecule has 1 unspecified atom stereocenters. The van der Waals surface area contributed by atoms with Gasteiger partial charge in [-0.05, 0) is 92.5 Å². The third-order valence-corrected chi connectivity index (χ3v) is 13.2. The molecule has 2 aromatic carbocycles. The summed E-state index contributed by atoms with van der Waals surface area (Å²) < 4.78 is 5.27. The number of aryl methyl sites for hydroxylation is 2. The van der Waals surface area contributed by atoms with Crippen molar-refractivity contribution in [3.8, 4) is 11.3 Å². The normalized spacial score (nSPS) is 20.2. The molecule has 15 nitrogen and oxygen atoms in total. The number of amides is 4. The maximum absolute atomic E-state index is 13.0. The van der Waals surface area contributed by atoms with Crippen molar-refractivity contribution in [2.45, 2.75) is 90.6 Å². The second kappa shape index (κ2) is 16.7. The van der Waals surface area contributed by atoms with Crippen LogP contribution in [0.15, 0.2) is 53.3 Å². The van der Waals surface area contributed by atoms with Gasteiger partial charge in [-0.2, -0.15) is 4.98 Å². The number of aromatic nitrogens is 5. The van der Waals surface area contributed by atoms with E-state index in [4.69, 9.17) is 9.51 Å². The minimum Gasteiger partial charge on any atom is -0.372 e. The van der Waals surface area contributed by atoms with Crippen molar-refractivity contribution in [2.75, 3.05) is 62.2 Å². The smallest absolute Gasteiger partial charge is 0.328 e. The fourth-order valence-electron chi connectivity index (χ4n) is 9.73. The lowest BCUT2D eigenvalue weighted by Crippen LogP contribution is -2.53. The Balaban J connectivity index is 0.771. The van der Waals surface area contributed by atoms with Crippen molar-refractivity contribution in [1.29, 1.82) is 0 Å². The molecule has 61 heavy (non-hydrogen) atoms. The molecular weight excluding hydrogens is 771 g/mol. The van der Waals surface area contributed by atoms with E-state index in [1.54, 1.807) is 11.2 Å². The van der Waals surface area contributed by atoms with E-state index in [9.17, 15) is 14.4 Å². The lowest BCUT2D eigenvalue weighted by Gasteiger charge is -2.42. The van der Waals surface area contributed by atoms with Gasteiger partial charge in [-0.25, -0.2) is 14.8 Å². The highest BCUT2D eigenvalue weighted by Gasteiger charge is 2.32. The van der Waals surface area contributed by atoms with Crippen LogP contribution in [0.5, 0.6) is 0 Å². The van der Waals surface area contributed by atoms with E-state index < -0.39 is 5.91 Å². The number of piperidine rings is 1. The molecule has 2 atom stereocenters. The second-order valence-corrected chi connectivity index (χ2v) is 18.4. The predicted molar refractivity (Wildman–Crippen MR) is 234 cm³/mol. The number of carbonyl (C=O) groups excluding carboxylic acids is 3. The quantitative estimate of drug-likeness (QED) is 0.161. The summed E-state index contributed by atoms with van der Waals surface area (Å²) in [6.07, 6.45) is 7.43. The number of imide groups is 1. The van der Waals surface area contributed by atoms with Gasteiger partial charge in [-0.15, -0.1) is 0 Å². The molecule has 0 spiro atoms. The fraction of sp³-hybridized carbons (Fsp3) is 0.500. The molecule has 0 bridgehead atoms. The summed E-state index contributed by atoms with van der Waals surface area (Å²) in [6, 6.07) is 14.4. The maximum Gasteiger partial charge on any atom is 0.328 e. The predicted octanol–water partition coefficient (Wildman–Crippen LogP) is 5.94. The van der Waals surface area contributed by atoms with E-state index >= 15 is 0 Å². The number of nitrogens with one attached hydrogen (secondary N) is 3. The number of benzene rings is 2. The third kappa shape index (κ3) is 8.50. The topological polar surface area (TPSA) is 169 Å². The molecule has 5 aromatic rings. The molecule has 9 rings (SSSR count). The van der Waals surface area contributed by atoms with Crippen LogP contribution in [-0.2, 0) is 23.1 Å². The SMILES string of the molecule is Cc1cc(-c2ncnc3[nH]c4c(c23)CCC(N2CCN(CC3CCN(c5ccc(N6CCC(=O)NC6=O)cc5)CC3)CC2)C4)ccc1[C@@H](C)NC(=O)c1nc(C(C)(C)C)no1. The fourth-order valence-corrected chi connectivity index (χ4v) is 9.73. The van der Waals surface area contributed by atoms with Crippen LogP contribution in [0.4, 0.5) is 16.2 Å². The first-order valence-electron chi connectivity index (χ1n) is 21.9. The lowest BCUT2D eigenvalue weighted by atomic mass is 9.89. The van der Waals surface area contributed by atoms with Gasteiger partial charge in [0.2, 0.25) is 5.91 Å². The van der Waals surface area contributed by atoms with E-state index in [-0.39, 0.29) is 29.3 Å². The number of hydrogen-bond donors (Lipinski definition) is 3. The molecule has 320 valence electrons. The number of piperazine rings is 1. The summed E-state index contributed by atoms with van der Waals surface area (Å²) >= 11 is 0. The van der Waals surface area contributed by atoms with Crippen molar-refractivity contribution < 1.29 is 18.9 Å². The van der Waals surface area contributed by atoms with Crippen molar-refractivity contribution in [3.05, 3.63) is 82.9 Å². The number of anilines is 2. The van der Waals surface area contributed by atoms with Crippen molar-refractivity contribution in [1.82, 2.24) is 45.5 Å². The molecular formula is C46H57N11O4. The summed E-state index contributed by atoms with van der Waals surface area (Å²) in [4.78, 5) is 63.8. The molecule has 6 heterocycles. The van der Waals surface area contributed by atoms with Gasteiger partial charge >= 0.3 is 17.8 Å². The second-order valence-electron chi connectivity index (χ2n) is 18.4. The van der Waals surface area contributed by atoms with Gasteiger partial charge in [0, 0.05) is 105 Å². The molecule has 3 N–H and O–H groups in total. The molecule has 3 saturated heterocycles. The Bertz CT molecular complexity index is 2420. The molecule has 0 saturated carbocycles. The Kier molecular flexibility index (Phi) is 11.1. The number of aromatic amines is 1. The Morgan fingerprint density at radius 2 is 1.69 bits per heavy atom. The summed E-state index contributed by atoms with van der Waals surface area (Å²) in [6.45, 7) is 18.0. The van der Waals surface area contributed by atoms with Crippen molar-refractivity contribution in [2.24, 2.45) is 5.92 Å². The van der Waals surface area contributed by atoms with Crippen LogP contribution in [0, 0.1) is 12.8 Å². The highest BCUT2D eigenvalue weighted by Crippen LogP contribution is 2.37. The summed E-state index contributed by atoms with van der Waals surface area (Å²) in [5.41, 5.74) is 9.25. The van der Waals surface area contributed by atoms with Crippen LogP contribution < -0.4 is 20.4 Å². The Labute approximate surface area is 356 Å². The standard InChI is InChI=1S/C46H57N11O4/c1-28-24-31(6-12-35(28)29(2)49-42(59)43-52-44(53-61-43)46(3,4)5)40-39-36-13-11-34(25-37(36)50-41(39)48-27-47-40)56-22-20-54(21-23-56)26-30-14-17-55(18-15-30)32-7-9-33(10-8-32)57-19-16-38(58)51-45(57)60/h6-10,12,24,27,29-30,34H,11,13-23,25-26H2,1-5H3,(H,49,59)(H,47,48,50)(H,51,58,60)/t29-,34?/m1/s1. The van der Waals surface area contributed by atoms with Crippen molar-refractivity contribution in [3.63, 3.8) is 0 Å². The first-order valence-corrected chi connectivity index (χ1v) is 21.9. The number of H-pyrrole nitrogens is 1. The zero-order valence-electron chi connectivity index (χ0n) is 36.0. The molecule has 4 amide bonds. The molecule has 1 aliphatic carbocycles. The molecule has 3 fully saturated rings. The lowest BCUT2D eigenvalue weighted by molar-refractivity contribution is -0.120. The van der Waals surface area contributed by atoms with Gasteiger partial charge in [0.1, 0.15) is 12.0 Å². The van der Waals surface area contributed by atoms with E-state index in [2.05, 4.69) is 82.7 Å². The summed E-state index contributed by atoms with van der Waals surface area (Å²) in [5.74, 6) is 0.559. The van der Waals surface area contributed by atoms with Gasteiger partial charge in [0.05, 0.1) is 11.7 Å². The van der Waals surface area contributed by atoms with Crippen LogP contribution in [0.3, 0.4) is 0 Å². The van der Waals surface area contributed by atoms with Crippen LogP contribution in [-0.4, -0.2) is 111 Å². The minimum atomic E-state index is -0.391. The first-order chi connectivity index (χ1) is 29.4. The van der Waals surface area contributed by atoms with Crippen LogP contribution in [0.2, 0.25) is 0 Å². The van der Waals surface area contributed by atoms with Gasteiger partial charge in [-0.1, -0.05) is 38.1 Å². The number of hydrogen-bond acceptors (Lipinski definition) is 11. The number of carbonyl (C=O) groups is 3. The summed E-state index contributed by atoms with van der Waals surface area (Å²) in [5, 5.41) is 10.5. The maximum atomic E-state index is 13.0. The van der Waals surface area contributed by atoms with Crippen LogP contribution in [0.25, 0.3) is 22.3 Å². The minimum absolute atomic E-state index is 0.0329. The van der Waals surface area contributed by atoms with E-state index in [0.29, 0.717) is 30.7 Å². The molecule has 15 heteroatoms. The zero-order chi connectivity index (χ0) is 42.4. The average molecular weight is 828 g/mol. The molecule has 3 aromatic heterocycles. The first kappa shape index (κ1) is 40.7. The monoisotopic (exact) mass is 827 g/mol. The molecule has 0 radical (unpaired) electrons.